The summed E-state index contributed by atoms with van der Waals surface area (Å²) < 4.78 is 38.0. The molecule has 3 nitrogen and oxygen atoms in total. The van der Waals surface area contributed by atoms with Gasteiger partial charge >= 0.3 is 5.51 Å². The number of hydrogen-bond acceptors (Lipinski definition) is 3. The summed E-state index contributed by atoms with van der Waals surface area (Å²) in [4.78, 5) is 3.98. The first-order chi connectivity index (χ1) is 9.47. The molecule has 7 heteroatoms. The molecule has 0 amide bonds. The molecule has 0 saturated carbocycles. The molecule has 0 spiro atoms. The minimum atomic E-state index is -4.21. The highest BCUT2D eigenvalue weighted by Crippen LogP contribution is 2.30. The van der Waals surface area contributed by atoms with E-state index in [1.165, 1.54) is 6.33 Å². The van der Waals surface area contributed by atoms with Crippen molar-refractivity contribution in [3.05, 3.63) is 54.1 Å². The van der Waals surface area contributed by atoms with Gasteiger partial charge in [-0.2, -0.15) is 13.2 Å². The van der Waals surface area contributed by atoms with E-state index in [0.29, 0.717) is 5.69 Å². The van der Waals surface area contributed by atoms with Gasteiger partial charge in [0.2, 0.25) is 0 Å². The normalized spacial score (nSPS) is 13.4. The molecule has 1 unspecified atom stereocenters. The molecule has 0 aliphatic rings. The summed E-state index contributed by atoms with van der Waals surface area (Å²) in [5.41, 5.74) is 3.53. The van der Waals surface area contributed by atoms with Crippen LogP contribution in [0, 0.1) is 0 Å². The smallest absolute Gasteiger partial charge is 0.332 e. The maximum Gasteiger partial charge on any atom is 0.441 e. The summed E-state index contributed by atoms with van der Waals surface area (Å²) in [6.07, 6.45) is 3.10. The number of aryl methyl sites for hydroxylation is 1. The second-order valence-corrected chi connectivity index (χ2v) is 5.35. The molecular formula is C13H14F3N3S. The maximum atomic E-state index is 12.1. The minimum absolute atomic E-state index is 0.0414. The number of thioether (sulfide) groups is 1. The molecule has 1 atom stereocenters. The fourth-order valence-corrected chi connectivity index (χ4v) is 2.39. The molecular weight excluding hydrogens is 287 g/mol. The lowest BCUT2D eigenvalue weighted by atomic mass is 10.1. The van der Waals surface area contributed by atoms with Crippen molar-refractivity contribution in [3.8, 4) is 0 Å². The van der Waals surface area contributed by atoms with E-state index in [1.54, 1.807) is 10.8 Å². The third-order valence-corrected chi connectivity index (χ3v) is 3.53. The Hall–Kier alpha value is -1.47. The predicted molar refractivity (Wildman–Crippen MR) is 73.2 cm³/mol. The quantitative estimate of drug-likeness (QED) is 0.922. The summed E-state index contributed by atoms with van der Waals surface area (Å²) in [6, 6.07) is 8.99. The van der Waals surface area contributed by atoms with E-state index < -0.39 is 11.6 Å². The predicted octanol–water partition coefficient (Wildman–Crippen LogP) is 3.18. The number of benzene rings is 1. The van der Waals surface area contributed by atoms with Crippen molar-refractivity contribution in [2.24, 2.45) is 5.73 Å². The van der Waals surface area contributed by atoms with Gasteiger partial charge < -0.3 is 10.3 Å². The lowest BCUT2D eigenvalue weighted by molar-refractivity contribution is -0.0328. The molecule has 2 aromatic rings. The van der Waals surface area contributed by atoms with Crippen LogP contribution in [0.5, 0.6) is 0 Å². The highest BCUT2D eigenvalue weighted by molar-refractivity contribution is 8.00. The van der Waals surface area contributed by atoms with E-state index in [2.05, 4.69) is 4.98 Å². The van der Waals surface area contributed by atoms with Crippen molar-refractivity contribution >= 4 is 11.8 Å². The molecule has 1 heterocycles. The topological polar surface area (TPSA) is 43.8 Å². The Morgan fingerprint density at radius 1 is 1.25 bits per heavy atom. The Labute approximate surface area is 119 Å². The van der Waals surface area contributed by atoms with Crippen LogP contribution in [0.2, 0.25) is 0 Å². The van der Waals surface area contributed by atoms with Gasteiger partial charge in [0.15, 0.2) is 0 Å². The van der Waals surface area contributed by atoms with Crippen molar-refractivity contribution in [3.63, 3.8) is 0 Å². The second-order valence-electron chi connectivity index (χ2n) is 4.19. The lowest BCUT2D eigenvalue weighted by Gasteiger charge is -2.15. The number of imidazole rings is 1. The number of alkyl halides is 3. The molecule has 2 N–H and O–H groups in total. The molecule has 0 aliphatic carbocycles. The van der Waals surface area contributed by atoms with Crippen LogP contribution < -0.4 is 5.73 Å². The first-order valence-corrected chi connectivity index (χ1v) is 6.97. The fourth-order valence-electron chi connectivity index (χ4n) is 1.87. The van der Waals surface area contributed by atoms with Gasteiger partial charge in [0.25, 0.3) is 0 Å². The standard InChI is InChI=1S/C13H14F3N3S/c14-13(15,16)20-7-6-19-9-18-8-11(19)12(17)10-4-2-1-3-5-10/h1-5,8-9,12H,6-7,17H2. The number of nitrogens with zero attached hydrogens (tertiary/aromatic N) is 2. The third-order valence-electron chi connectivity index (χ3n) is 2.82. The first kappa shape index (κ1) is 14.9. The van der Waals surface area contributed by atoms with Crippen LogP contribution in [-0.2, 0) is 6.54 Å². The van der Waals surface area contributed by atoms with Gasteiger partial charge in [0, 0.05) is 12.3 Å². The van der Waals surface area contributed by atoms with E-state index in [-0.39, 0.29) is 24.1 Å². The molecule has 1 aromatic heterocycles. The number of aromatic nitrogens is 2. The van der Waals surface area contributed by atoms with Crippen LogP contribution >= 0.6 is 11.8 Å². The Morgan fingerprint density at radius 3 is 2.60 bits per heavy atom. The number of nitrogens with two attached hydrogens (primary N) is 1. The van der Waals surface area contributed by atoms with Gasteiger partial charge in [-0.3, -0.25) is 0 Å². The molecule has 2 rings (SSSR count). The van der Waals surface area contributed by atoms with Gasteiger partial charge in [0.1, 0.15) is 0 Å². The van der Waals surface area contributed by atoms with Crippen LogP contribution in [-0.4, -0.2) is 20.8 Å². The number of hydrogen-bond donors (Lipinski definition) is 1. The summed E-state index contributed by atoms with van der Waals surface area (Å²) in [5, 5.41) is 0. The molecule has 1 aromatic carbocycles. The van der Waals surface area contributed by atoms with Gasteiger partial charge in [0.05, 0.1) is 24.3 Å². The van der Waals surface area contributed by atoms with Crippen molar-refractivity contribution in [2.75, 3.05) is 5.75 Å². The van der Waals surface area contributed by atoms with Crippen molar-refractivity contribution in [1.29, 1.82) is 0 Å². The van der Waals surface area contributed by atoms with Crippen LogP contribution in [0.1, 0.15) is 17.3 Å². The Bertz CT molecular complexity index is 539. The first-order valence-electron chi connectivity index (χ1n) is 5.98. The van der Waals surface area contributed by atoms with E-state index in [0.717, 1.165) is 5.56 Å². The SMILES string of the molecule is NC(c1ccccc1)c1cncn1CCSC(F)(F)F. The van der Waals surface area contributed by atoms with Crippen LogP contribution in [0.25, 0.3) is 0 Å². The number of halogens is 3. The van der Waals surface area contributed by atoms with E-state index in [9.17, 15) is 13.2 Å². The van der Waals surface area contributed by atoms with Crippen molar-refractivity contribution in [1.82, 2.24) is 9.55 Å². The number of rotatable bonds is 5. The Morgan fingerprint density at radius 2 is 1.95 bits per heavy atom. The molecule has 0 aliphatic heterocycles. The molecule has 108 valence electrons. The average Bonchev–Trinajstić information content (AvgIpc) is 2.86. The fraction of sp³-hybridized carbons (Fsp3) is 0.308. The van der Waals surface area contributed by atoms with Crippen molar-refractivity contribution < 1.29 is 13.2 Å². The molecule has 0 bridgehead atoms. The third kappa shape index (κ3) is 4.01. The van der Waals surface area contributed by atoms with Gasteiger partial charge in [-0.15, -0.1) is 0 Å². The highest BCUT2D eigenvalue weighted by Gasteiger charge is 2.27. The lowest BCUT2D eigenvalue weighted by Crippen LogP contribution is -2.17. The summed E-state index contributed by atoms with van der Waals surface area (Å²) in [7, 11) is 0. The van der Waals surface area contributed by atoms with Crippen LogP contribution in [0.3, 0.4) is 0 Å². The molecule has 0 fully saturated rings. The largest absolute Gasteiger partial charge is 0.441 e. The van der Waals surface area contributed by atoms with Crippen LogP contribution in [0.4, 0.5) is 13.2 Å². The van der Waals surface area contributed by atoms with Crippen LogP contribution in [0.15, 0.2) is 42.9 Å². The maximum absolute atomic E-state index is 12.1. The van der Waals surface area contributed by atoms with Crippen molar-refractivity contribution in [2.45, 2.75) is 18.1 Å². The Balaban J connectivity index is 2.05. The minimum Gasteiger partial charge on any atom is -0.332 e. The summed E-state index contributed by atoms with van der Waals surface area (Å²) in [6.45, 7) is 0.222. The summed E-state index contributed by atoms with van der Waals surface area (Å²) >= 11 is -0.0414. The zero-order valence-corrected chi connectivity index (χ0v) is 11.4. The van der Waals surface area contributed by atoms with E-state index in [1.807, 2.05) is 30.3 Å². The zero-order valence-electron chi connectivity index (χ0n) is 10.5. The monoisotopic (exact) mass is 301 g/mol. The van der Waals surface area contributed by atoms with E-state index in [4.69, 9.17) is 5.73 Å². The van der Waals surface area contributed by atoms with Gasteiger partial charge in [-0.25, -0.2) is 4.98 Å². The summed E-state index contributed by atoms with van der Waals surface area (Å²) in [5.74, 6) is -0.0611. The van der Waals surface area contributed by atoms with E-state index >= 15 is 0 Å². The van der Waals surface area contributed by atoms with Gasteiger partial charge in [-0.1, -0.05) is 30.3 Å². The highest BCUT2D eigenvalue weighted by atomic mass is 32.2. The molecule has 20 heavy (non-hydrogen) atoms. The zero-order chi connectivity index (χ0) is 14.6. The molecule has 0 radical (unpaired) electrons. The van der Waals surface area contributed by atoms with Gasteiger partial charge in [-0.05, 0) is 17.3 Å². The second kappa shape index (κ2) is 6.32. The molecule has 0 saturated heterocycles. The Kier molecular flexibility index (Phi) is 4.72. The average molecular weight is 301 g/mol.